The molecule has 1 aromatic heterocycles. The van der Waals surface area contributed by atoms with E-state index in [9.17, 15) is 0 Å². The summed E-state index contributed by atoms with van der Waals surface area (Å²) in [4.78, 5) is 0. The molecule has 0 aliphatic heterocycles. The third-order valence-corrected chi connectivity index (χ3v) is 8.94. The van der Waals surface area contributed by atoms with E-state index in [1.807, 2.05) is 6.08 Å². The lowest BCUT2D eigenvalue weighted by Crippen LogP contribution is -1.96. The molecule has 0 saturated heterocycles. The number of benzene rings is 7. The second kappa shape index (κ2) is 10.6. The van der Waals surface area contributed by atoms with E-state index in [1.54, 1.807) is 0 Å². The Morgan fingerprint density at radius 3 is 1.70 bits per heavy atom. The predicted octanol–water partition coefficient (Wildman–Crippen LogP) is 12.1. The number of aromatic nitrogens is 1. The van der Waals surface area contributed by atoms with Crippen molar-refractivity contribution < 1.29 is 0 Å². The van der Waals surface area contributed by atoms with Crippen LogP contribution in [-0.2, 0) is 0 Å². The lowest BCUT2D eigenvalue weighted by atomic mass is 9.92. The molecule has 1 nitrogen and oxygen atoms in total. The fourth-order valence-electron chi connectivity index (χ4n) is 6.84. The smallest absolute Gasteiger partial charge is 0.0547 e. The standard InChI is InChI=1S/C43H31N/c1-3-29(31-22-24-38-36-18-9-8-16-34(36)35-17-10-11-19-37(35)41(38)27-31)26-33(4-2)44-42-21-13-12-20-39(42)40-25-23-32(28-43(40)44)30-14-6-5-7-15-30/h3-28H,1H2,2H3/b29-26+,33-4+. The van der Waals surface area contributed by atoms with Crippen LogP contribution in [-0.4, -0.2) is 4.57 Å². The highest BCUT2D eigenvalue weighted by molar-refractivity contribution is 6.25. The molecule has 0 atom stereocenters. The summed E-state index contributed by atoms with van der Waals surface area (Å²) in [6.45, 7) is 6.39. The van der Waals surface area contributed by atoms with Gasteiger partial charge in [-0.1, -0.05) is 140 Å². The van der Waals surface area contributed by atoms with Crippen molar-refractivity contribution in [3.8, 4) is 11.1 Å². The van der Waals surface area contributed by atoms with Crippen LogP contribution in [0.3, 0.4) is 0 Å². The van der Waals surface area contributed by atoms with Gasteiger partial charge in [-0.2, -0.15) is 0 Å². The van der Waals surface area contributed by atoms with E-state index < -0.39 is 0 Å². The summed E-state index contributed by atoms with van der Waals surface area (Å²) in [6.07, 6.45) is 6.46. The number of allylic oxidation sites excluding steroid dienone is 5. The third-order valence-electron chi connectivity index (χ3n) is 8.94. The van der Waals surface area contributed by atoms with Crippen molar-refractivity contribution in [2.45, 2.75) is 6.92 Å². The van der Waals surface area contributed by atoms with Gasteiger partial charge in [0.1, 0.15) is 0 Å². The number of para-hydroxylation sites is 1. The molecule has 0 saturated carbocycles. The summed E-state index contributed by atoms with van der Waals surface area (Å²) in [5.74, 6) is 0. The van der Waals surface area contributed by atoms with Gasteiger partial charge >= 0.3 is 0 Å². The molecule has 0 amide bonds. The topological polar surface area (TPSA) is 4.93 Å². The van der Waals surface area contributed by atoms with Crippen molar-refractivity contribution in [3.63, 3.8) is 0 Å². The number of nitrogens with zero attached hydrogens (tertiary/aromatic N) is 1. The quantitative estimate of drug-likeness (QED) is 0.145. The lowest BCUT2D eigenvalue weighted by Gasteiger charge is -2.14. The maximum Gasteiger partial charge on any atom is 0.0547 e. The predicted molar refractivity (Wildman–Crippen MR) is 192 cm³/mol. The van der Waals surface area contributed by atoms with Crippen LogP contribution in [0.5, 0.6) is 0 Å². The second-order valence-electron chi connectivity index (χ2n) is 11.3. The maximum atomic E-state index is 4.27. The van der Waals surface area contributed by atoms with Crippen molar-refractivity contribution >= 4 is 65.4 Å². The summed E-state index contributed by atoms with van der Waals surface area (Å²) in [6, 6.07) is 50.4. The first-order valence-electron chi connectivity index (χ1n) is 15.2. The Labute approximate surface area is 257 Å². The number of hydrogen-bond acceptors (Lipinski definition) is 0. The molecule has 8 rings (SSSR count). The molecule has 1 heterocycles. The first-order chi connectivity index (χ1) is 21.7. The van der Waals surface area contributed by atoms with Crippen LogP contribution in [0.2, 0.25) is 0 Å². The Balaban J connectivity index is 1.34. The molecule has 0 bridgehead atoms. The summed E-state index contributed by atoms with van der Waals surface area (Å²) >= 11 is 0. The molecule has 0 spiro atoms. The van der Waals surface area contributed by atoms with Crippen LogP contribution in [0.25, 0.3) is 76.5 Å². The van der Waals surface area contributed by atoms with Gasteiger partial charge in [0.15, 0.2) is 0 Å². The van der Waals surface area contributed by atoms with Gasteiger partial charge in [-0.3, -0.25) is 0 Å². The lowest BCUT2D eigenvalue weighted by molar-refractivity contribution is 1.23. The minimum absolute atomic E-state index is 1.09. The van der Waals surface area contributed by atoms with E-state index >= 15 is 0 Å². The van der Waals surface area contributed by atoms with Gasteiger partial charge in [0.2, 0.25) is 0 Å². The Bertz CT molecular complexity index is 2420. The van der Waals surface area contributed by atoms with Gasteiger partial charge in [0, 0.05) is 16.5 Å². The van der Waals surface area contributed by atoms with Gasteiger partial charge in [0.25, 0.3) is 0 Å². The third kappa shape index (κ3) is 4.09. The summed E-state index contributed by atoms with van der Waals surface area (Å²) in [5, 5.41) is 10.2. The minimum atomic E-state index is 1.09. The minimum Gasteiger partial charge on any atom is -0.310 e. The molecule has 208 valence electrons. The zero-order valence-electron chi connectivity index (χ0n) is 24.7. The van der Waals surface area contributed by atoms with Gasteiger partial charge in [-0.15, -0.1) is 0 Å². The van der Waals surface area contributed by atoms with E-state index in [-0.39, 0.29) is 0 Å². The highest BCUT2D eigenvalue weighted by Gasteiger charge is 2.15. The van der Waals surface area contributed by atoms with Crippen molar-refractivity contribution in [1.29, 1.82) is 0 Å². The molecule has 0 aliphatic rings. The second-order valence-corrected chi connectivity index (χ2v) is 11.3. The monoisotopic (exact) mass is 561 g/mol. The highest BCUT2D eigenvalue weighted by Crippen LogP contribution is 2.38. The molecule has 7 aromatic carbocycles. The normalized spacial score (nSPS) is 12.6. The first-order valence-corrected chi connectivity index (χ1v) is 15.2. The fraction of sp³-hybridized carbons (Fsp3) is 0.0233. The zero-order valence-corrected chi connectivity index (χ0v) is 24.7. The molecule has 0 N–H and O–H groups in total. The Morgan fingerprint density at radius 2 is 1.05 bits per heavy atom. The Morgan fingerprint density at radius 1 is 0.500 bits per heavy atom. The summed E-state index contributed by atoms with van der Waals surface area (Å²) in [5.41, 5.74) is 8.15. The van der Waals surface area contributed by atoms with Crippen molar-refractivity contribution in [1.82, 2.24) is 4.57 Å². The molecule has 1 heteroatoms. The largest absolute Gasteiger partial charge is 0.310 e. The van der Waals surface area contributed by atoms with Crippen molar-refractivity contribution in [2.75, 3.05) is 0 Å². The number of hydrogen-bond donors (Lipinski definition) is 0. The maximum absolute atomic E-state index is 4.27. The van der Waals surface area contributed by atoms with E-state index in [2.05, 4.69) is 170 Å². The van der Waals surface area contributed by atoms with Crippen LogP contribution in [0.4, 0.5) is 0 Å². The van der Waals surface area contributed by atoms with Gasteiger partial charge in [-0.25, -0.2) is 0 Å². The highest BCUT2D eigenvalue weighted by atomic mass is 15.0. The molecular formula is C43H31N. The zero-order chi connectivity index (χ0) is 29.6. The van der Waals surface area contributed by atoms with Crippen LogP contribution in [0, 0.1) is 0 Å². The molecule has 0 unspecified atom stereocenters. The van der Waals surface area contributed by atoms with Crippen LogP contribution in [0.1, 0.15) is 12.5 Å². The summed E-state index contributed by atoms with van der Waals surface area (Å²) < 4.78 is 2.39. The van der Waals surface area contributed by atoms with Crippen LogP contribution in [0.15, 0.2) is 164 Å². The van der Waals surface area contributed by atoms with Gasteiger partial charge in [-0.05, 0) is 85.8 Å². The molecule has 0 radical (unpaired) electrons. The molecule has 0 fully saturated rings. The molecular weight excluding hydrogens is 530 g/mol. The van der Waals surface area contributed by atoms with Crippen molar-refractivity contribution in [3.05, 3.63) is 170 Å². The van der Waals surface area contributed by atoms with E-state index in [4.69, 9.17) is 0 Å². The molecule has 44 heavy (non-hydrogen) atoms. The van der Waals surface area contributed by atoms with Gasteiger partial charge in [0.05, 0.1) is 11.0 Å². The average molecular weight is 562 g/mol. The average Bonchev–Trinajstić information content (AvgIpc) is 3.43. The van der Waals surface area contributed by atoms with Crippen LogP contribution >= 0.6 is 0 Å². The Kier molecular flexibility index (Phi) is 6.24. The summed E-state index contributed by atoms with van der Waals surface area (Å²) in [7, 11) is 0. The SMILES string of the molecule is C=C/C(=C\C(=C/C)n1c2ccccc2c2ccc(-c3ccccc3)cc21)c1ccc2c3ccccc3c3ccccc3c2c1. The number of rotatable bonds is 5. The first kappa shape index (κ1) is 26.0. The van der Waals surface area contributed by atoms with E-state index in [0.29, 0.717) is 0 Å². The van der Waals surface area contributed by atoms with Gasteiger partial charge < -0.3 is 4.57 Å². The van der Waals surface area contributed by atoms with E-state index in [0.717, 1.165) is 16.8 Å². The molecule has 0 aliphatic carbocycles. The fourth-order valence-corrected chi connectivity index (χ4v) is 6.84. The van der Waals surface area contributed by atoms with Crippen molar-refractivity contribution in [2.24, 2.45) is 0 Å². The number of fused-ring (bicyclic) bond motifs is 9. The molecule has 8 aromatic rings. The van der Waals surface area contributed by atoms with Crippen LogP contribution < -0.4 is 0 Å². The van der Waals surface area contributed by atoms with E-state index in [1.165, 1.54) is 65.3 Å². The Hall–Kier alpha value is -5.66.